The summed E-state index contributed by atoms with van der Waals surface area (Å²) in [6, 6.07) is 6.72. The fourth-order valence-electron chi connectivity index (χ4n) is 3.61. The molecule has 0 amide bonds. The summed E-state index contributed by atoms with van der Waals surface area (Å²) in [7, 11) is 1.79. The van der Waals surface area contributed by atoms with Gasteiger partial charge in [0.15, 0.2) is 0 Å². The molecule has 0 aliphatic carbocycles. The highest BCUT2D eigenvalue weighted by Gasteiger charge is 2.52. The van der Waals surface area contributed by atoms with Crippen molar-refractivity contribution in [1.82, 2.24) is 4.90 Å². The predicted octanol–water partition coefficient (Wildman–Crippen LogP) is 3.17. The van der Waals surface area contributed by atoms with E-state index in [4.69, 9.17) is 19.4 Å². The monoisotopic (exact) mass is 389 g/mol. The lowest BCUT2D eigenvalue weighted by atomic mass is 9.81. The van der Waals surface area contributed by atoms with Crippen molar-refractivity contribution in [3.05, 3.63) is 34.9 Å². The van der Waals surface area contributed by atoms with Crippen molar-refractivity contribution >= 4 is 5.97 Å². The summed E-state index contributed by atoms with van der Waals surface area (Å²) in [5.74, 6) is -2.19. The van der Waals surface area contributed by atoms with Gasteiger partial charge < -0.3 is 14.6 Å². The summed E-state index contributed by atoms with van der Waals surface area (Å²) in [5.41, 5.74) is 4.25. The van der Waals surface area contributed by atoms with Crippen molar-refractivity contribution in [1.29, 1.82) is 0 Å². The molecular formula is C19H26F3NO4. The second-order valence-electron chi connectivity index (χ2n) is 7.23. The maximum Gasteiger partial charge on any atom is 0.490 e. The van der Waals surface area contributed by atoms with Crippen LogP contribution >= 0.6 is 0 Å². The Labute approximate surface area is 157 Å². The van der Waals surface area contributed by atoms with E-state index in [0.29, 0.717) is 5.92 Å². The molecule has 2 aliphatic heterocycles. The van der Waals surface area contributed by atoms with Gasteiger partial charge in [-0.2, -0.15) is 13.2 Å². The topological polar surface area (TPSA) is 59.0 Å². The van der Waals surface area contributed by atoms with Gasteiger partial charge in [0, 0.05) is 39.3 Å². The molecule has 1 aromatic carbocycles. The molecule has 27 heavy (non-hydrogen) atoms. The van der Waals surface area contributed by atoms with Crippen LogP contribution in [-0.2, 0) is 20.8 Å². The number of hydrogen-bond donors (Lipinski definition) is 1. The van der Waals surface area contributed by atoms with Crippen LogP contribution in [0.5, 0.6) is 0 Å². The number of nitrogens with zero attached hydrogens (tertiary/aromatic N) is 1. The number of carbonyl (C=O) groups is 1. The fraction of sp³-hybridized carbons (Fsp3) is 0.632. The molecular weight excluding hydrogens is 363 g/mol. The Hall–Kier alpha value is -1.64. The SMILES string of the molecule is COCC1CCOC12CN(Cc1cc(C)ccc1C)C2.O=C(O)C(F)(F)F. The van der Waals surface area contributed by atoms with E-state index in [1.807, 2.05) is 0 Å². The lowest BCUT2D eigenvalue weighted by Gasteiger charge is -2.50. The van der Waals surface area contributed by atoms with E-state index in [1.54, 1.807) is 7.11 Å². The first-order chi connectivity index (χ1) is 12.6. The minimum absolute atomic E-state index is 0.0771. The van der Waals surface area contributed by atoms with Gasteiger partial charge in [0.05, 0.1) is 12.2 Å². The number of hydrogen-bond acceptors (Lipinski definition) is 4. The van der Waals surface area contributed by atoms with E-state index < -0.39 is 12.1 Å². The van der Waals surface area contributed by atoms with Gasteiger partial charge in [-0.3, -0.25) is 4.90 Å². The van der Waals surface area contributed by atoms with Gasteiger partial charge in [-0.1, -0.05) is 23.8 Å². The molecule has 1 N–H and O–H groups in total. The smallest absolute Gasteiger partial charge is 0.475 e. The van der Waals surface area contributed by atoms with Gasteiger partial charge in [0.25, 0.3) is 0 Å². The third kappa shape index (κ3) is 5.43. The zero-order chi connectivity index (χ0) is 20.2. The number of carboxylic acid groups (broad SMARTS) is 1. The van der Waals surface area contributed by atoms with Crippen LogP contribution in [0.4, 0.5) is 13.2 Å². The number of halogens is 3. The molecule has 0 saturated carbocycles. The Balaban J connectivity index is 0.000000321. The van der Waals surface area contributed by atoms with Crippen molar-refractivity contribution in [2.45, 2.75) is 38.6 Å². The minimum Gasteiger partial charge on any atom is -0.475 e. The first kappa shape index (κ1) is 21.7. The third-order valence-corrected chi connectivity index (χ3v) is 5.09. The van der Waals surface area contributed by atoms with Gasteiger partial charge >= 0.3 is 12.1 Å². The number of ether oxygens (including phenoxy) is 2. The molecule has 0 aromatic heterocycles. The molecule has 1 unspecified atom stereocenters. The number of benzene rings is 1. The van der Waals surface area contributed by atoms with E-state index in [2.05, 4.69) is 36.9 Å². The average Bonchev–Trinajstić information content (AvgIpc) is 2.94. The number of likely N-dealkylation sites (tertiary alicyclic amines) is 1. The van der Waals surface area contributed by atoms with Crippen LogP contribution in [0.1, 0.15) is 23.1 Å². The Kier molecular flexibility index (Phi) is 6.88. The van der Waals surface area contributed by atoms with Gasteiger partial charge in [-0.25, -0.2) is 4.79 Å². The first-order valence-electron chi connectivity index (χ1n) is 8.79. The highest BCUT2D eigenvalue weighted by molar-refractivity contribution is 5.73. The summed E-state index contributed by atoms with van der Waals surface area (Å²) in [6.07, 6.45) is -3.94. The van der Waals surface area contributed by atoms with Gasteiger partial charge in [-0.15, -0.1) is 0 Å². The molecule has 1 spiro atoms. The minimum atomic E-state index is -5.08. The highest BCUT2D eigenvalue weighted by atomic mass is 19.4. The summed E-state index contributed by atoms with van der Waals surface area (Å²) < 4.78 is 43.1. The largest absolute Gasteiger partial charge is 0.490 e. The molecule has 3 rings (SSSR count). The number of alkyl halides is 3. The summed E-state index contributed by atoms with van der Waals surface area (Å²) in [5, 5.41) is 7.12. The quantitative estimate of drug-likeness (QED) is 0.857. The van der Waals surface area contributed by atoms with Crippen molar-refractivity contribution in [3.63, 3.8) is 0 Å². The average molecular weight is 389 g/mol. The van der Waals surface area contributed by atoms with Crippen molar-refractivity contribution in [2.24, 2.45) is 5.92 Å². The molecule has 8 heteroatoms. The Morgan fingerprint density at radius 1 is 1.37 bits per heavy atom. The molecule has 1 atom stereocenters. The van der Waals surface area contributed by atoms with Crippen LogP contribution in [0.25, 0.3) is 0 Å². The maximum absolute atomic E-state index is 10.6. The molecule has 0 radical (unpaired) electrons. The van der Waals surface area contributed by atoms with Gasteiger partial charge in [0.2, 0.25) is 0 Å². The highest BCUT2D eigenvalue weighted by Crippen LogP contribution is 2.40. The normalized spacial score (nSPS) is 21.5. The van der Waals surface area contributed by atoms with Crippen LogP contribution in [0.15, 0.2) is 18.2 Å². The van der Waals surface area contributed by atoms with Crippen LogP contribution in [0.3, 0.4) is 0 Å². The van der Waals surface area contributed by atoms with Gasteiger partial charge in [-0.05, 0) is 31.4 Å². The van der Waals surface area contributed by atoms with E-state index >= 15 is 0 Å². The predicted molar refractivity (Wildman–Crippen MR) is 93.5 cm³/mol. The fourth-order valence-corrected chi connectivity index (χ4v) is 3.61. The van der Waals surface area contributed by atoms with E-state index in [-0.39, 0.29) is 5.60 Å². The zero-order valence-electron chi connectivity index (χ0n) is 15.8. The van der Waals surface area contributed by atoms with Crippen LogP contribution < -0.4 is 0 Å². The standard InChI is InChI=1S/C17H25NO2.C2HF3O2/c1-13-4-5-14(2)15(8-13)9-18-11-17(12-18)16(10-19-3)6-7-20-17;3-2(4,5)1(6)7/h4-5,8,16H,6-7,9-12H2,1-3H3;(H,6,7). The van der Waals surface area contributed by atoms with Gasteiger partial charge in [0.1, 0.15) is 0 Å². The van der Waals surface area contributed by atoms with E-state index in [1.165, 1.54) is 16.7 Å². The Bertz CT molecular complexity index is 657. The number of aliphatic carboxylic acids is 1. The molecule has 5 nitrogen and oxygen atoms in total. The third-order valence-electron chi connectivity index (χ3n) is 5.09. The van der Waals surface area contributed by atoms with Crippen LogP contribution in [-0.4, -0.2) is 61.2 Å². The number of carboxylic acids is 1. The number of methoxy groups -OCH3 is 1. The molecule has 2 heterocycles. The Morgan fingerprint density at radius 2 is 2.00 bits per heavy atom. The second-order valence-corrected chi connectivity index (χ2v) is 7.23. The van der Waals surface area contributed by atoms with E-state index in [9.17, 15) is 13.2 Å². The summed E-state index contributed by atoms with van der Waals surface area (Å²) in [4.78, 5) is 11.4. The second kappa shape index (κ2) is 8.58. The lowest BCUT2D eigenvalue weighted by Crippen LogP contribution is -2.64. The lowest BCUT2D eigenvalue weighted by molar-refractivity contribution is -0.192. The van der Waals surface area contributed by atoms with Crippen LogP contribution in [0, 0.1) is 19.8 Å². The van der Waals surface area contributed by atoms with Crippen molar-refractivity contribution < 1.29 is 32.5 Å². The molecule has 2 fully saturated rings. The molecule has 152 valence electrons. The van der Waals surface area contributed by atoms with E-state index in [0.717, 1.165) is 39.3 Å². The zero-order valence-corrected chi connectivity index (χ0v) is 15.8. The number of aryl methyl sites for hydroxylation is 2. The Morgan fingerprint density at radius 3 is 2.56 bits per heavy atom. The molecule has 2 saturated heterocycles. The molecule has 1 aromatic rings. The van der Waals surface area contributed by atoms with Crippen molar-refractivity contribution in [3.8, 4) is 0 Å². The summed E-state index contributed by atoms with van der Waals surface area (Å²) in [6.45, 7) is 9.23. The summed E-state index contributed by atoms with van der Waals surface area (Å²) >= 11 is 0. The number of rotatable bonds is 4. The molecule has 0 bridgehead atoms. The molecule has 2 aliphatic rings. The maximum atomic E-state index is 10.6. The van der Waals surface area contributed by atoms with Crippen LogP contribution in [0.2, 0.25) is 0 Å². The first-order valence-corrected chi connectivity index (χ1v) is 8.79. The van der Waals surface area contributed by atoms with Crippen molar-refractivity contribution in [2.75, 3.05) is 33.4 Å².